The molecule has 8 nitrogen and oxygen atoms in total. The SMILES string of the molecule is CC1(C)CC[C@H](O)[C@]23CO[C@@](O)([C@@H](O)C12)C12c4nc5ccc(N)cc5nc4[C@H](CCC13)[C@H]2O. The minimum absolute atomic E-state index is 0.159. The second-order valence-corrected chi connectivity index (χ2v) is 11.8. The lowest BCUT2D eigenvalue weighted by Crippen LogP contribution is -2.86. The molecule has 33 heavy (non-hydrogen) atoms. The third kappa shape index (κ3) is 1.97. The molecule has 2 spiro atoms. The van der Waals surface area contributed by atoms with E-state index in [0.29, 0.717) is 47.4 Å². The first kappa shape index (κ1) is 20.5. The van der Waals surface area contributed by atoms with E-state index in [1.807, 2.05) is 0 Å². The Hall–Kier alpha value is -1.84. The monoisotopic (exact) mass is 453 g/mol. The van der Waals surface area contributed by atoms with Gasteiger partial charge in [0.1, 0.15) is 11.5 Å². The summed E-state index contributed by atoms with van der Waals surface area (Å²) < 4.78 is 6.15. The quantitative estimate of drug-likeness (QED) is 0.375. The van der Waals surface area contributed by atoms with Crippen molar-refractivity contribution >= 4 is 16.7 Å². The van der Waals surface area contributed by atoms with Crippen LogP contribution < -0.4 is 5.73 Å². The van der Waals surface area contributed by atoms with Crippen LogP contribution in [0.3, 0.4) is 0 Å². The third-order valence-electron chi connectivity index (χ3n) is 10.2. The van der Waals surface area contributed by atoms with E-state index in [0.717, 1.165) is 6.42 Å². The maximum absolute atomic E-state index is 12.2. The van der Waals surface area contributed by atoms with Crippen LogP contribution in [0.5, 0.6) is 0 Å². The van der Waals surface area contributed by atoms with E-state index < -0.39 is 34.9 Å². The topological polar surface area (TPSA) is 142 Å². The van der Waals surface area contributed by atoms with Crippen LogP contribution in [0.25, 0.3) is 11.0 Å². The molecule has 0 amide bonds. The van der Waals surface area contributed by atoms with Crippen molar-refractivity contribution in [3.8, 4) is 0 Å². The second-order valence-electron chi connectivity index (χ2n) is 11.8. The van der Waals surface area contributed by atoms with E-state index in [-0.39, 0.29) is 29.8 Å². The lowest BCUT2D eigenvalue weighted by molar-refractivity contribution is -0.449. The van der Waals surface area contributed by atoms with Gasteiger partial charge in [0.05, 0.1) is 41.2 Å². The van der Waals surface area contributed by atoms with Crippen LogP contribution in [-0.4, -0.2) is 61.1 Å². The Bertz CT molecular complexity index is 1200. The van der Waals surface area contributed by atoms with Gasteiger partial charge in [-0.1, -0.05) is 13.8 Å². The molecule has 2 saturated heterocycles. The van der Waals surface area contributed by atoms with Crippen LogP contribution in [-0.2, 0) is 10.2 Å². The molecule has 9 atom stereocenters. The van der Waals surface area contributed by atoms with Gasteiger partial charge in [-0.15, -0.1) is 0 Å². The summed E-state index contributed by atoms with van der Waals surface area (Å²) in [4.78, 5) is 9.82. The van der Waals surface area contributed by atoms with E-state index in [2.05, 4.69) is 13.8 Å². The zero-order chi connectivity index (χ0) is 23.1. The van der Waals surface area contributed by atoms with Crippen LogP contribution >= 0.6 is 0 Å². The Kier molecular flexibility index (Phi) is 3.64. The fourth-order valence-corrected chi connectivity index (χ4v) is 9.05. The van der Waals surface area contributed by atoms with E-state index in [4.69, 9.17) is 20.4 Å². The highest BCUT2D eigenvalue weighted by Crippen LogP contribution is 2.76. The second kappa shape index (κ2) is 5.86. The van der Waals surface area contributed by atoms with Gasteiger partial charge in [0.2, 0.25) is 5.79 Å². The zero-order valence-corrected chi connectivity index (χ0v) is 18.9. The summed E-state index contributed by atoms with van der Waals surface area (Å²) in [6.45, 7) is 4.37. The molecule has 4 bridgehead atoms. The minimum Gasteiger partial charge on any atom is -0.399 e. The van der Waals surface area contributed by atoms with Gasteiger partial charge in [-0.2, -0.15) is 0 Å². The van der Waals surface area contributed by atoms with Crippen molar-refractivity contribution in [2.45, 2.75) is 75.0 Å². The Labute approximate surface area is 191 Å². The number of hydrogen-bond donors (Lipinski definition) is 5. The van der Waals surface area contributed by atoms with E-state index in [1.165, 1.54) is 0 Å². The summed E-state index contributed by atoms with van der Waals surface area (Å²) in [5, 5.41) is 47.4. The average molecular weight is 454 g/mol. The van der Waals surface area contributed by atoms with Gasteiger partial charge >= 0.3 is 0 Å². The van der Waals surface area contributed by atoms with Crippen molar-refractivity contribution in [1.29, 1.82) is 0 Å². The number of fused-ring (bicyclic) bond motifs is 5. The number of rotatable bonds is 0. The van der Waals surface area contributed by atoms with Gasteiger partial charge in [0, 0.05) is 22.9 Å². The number of benzene rings is 1. The van der Waals surface area contributed by atoms with Crippen LogP contribution in [0.2, 0.25) is 0 Å². The summed E-state index contributed by atoms with van der Waals surface area (Å²) in [6, 6.07) is 5.31. The lowest BCUT2D eigenvalue weighted by Gasteiger charge is -2.75. The summed E-state index contributed by atoms with van der Waals surface area (Å²) >= 11 is 0. The van der Waals surface area contributed by atoms with Crippen LogP contribution in [0, 0.1) is 22.7 Å². The molecule has 4 aliphatic carbocycles. The van der Waals surface area contributed by atoms with Crippen molar-refractivity contribution in [3.63, 3.8) is 0 Å². The average Bonchev–Trinajstić information content (AvgIpc) is 2.89. The molecule has 2 aromatic rings. The number of aromatic nitrogens is 2. The number of ether oxygens (including phenoxy) is 1. The fraction of sp³-hybridized carbons (Fsp3) is 0.680. The summed E-state index contributed by atoms with van der Waals surface area (Å²) in [6.07, 6.45) is -0.262. The highest BCUT2D eigenvalue weighted by Gasteiger charge is 2.85. The largest absolute Gasteiger partial charge is 0.399 e. The number of hydrogen-bond acceptors (Lipinski definition) is 8. The predicted octanol–water partition coefficient (Wildman–Crippen LogP) is 1.19. The highest BCUT2D eigenvalue weighted by atomic mass is 16.6. The molecule has 6 aliphatic rings. The fourth-order valence-electron chi connectivity index (χ4n) is 9.05. The molecule has 8 rings (SSSR count). The maximum Gasteiger partial charge on any atom is 0.206 e. The van der Waals surface area contributed by atoms with Crippen molar-refractivity contribution in [3.05, 3.63) is 29.6 Å². The number of aliphatic hydroxyl groups excluding tert-OH is 3. The van der Waals surface area contributed by atoms with Gasteiger partial charge in [-0.25, -0.2) is 9.97 Å². The predicted molar refractivity (Wildman–Crippen MR) is 119 cm³/mol. The zero-order valence-electron chi connectivity index (χ0n) is 18.9. The molecule has 3 heterocycles. The third-order valence-corrected chi connectivity index (χ3v) is 10.2. The van der Waals surface area contributed by atoms with Gasteiger partial charge in [-0.05, 0) is 55.2 Å². The van der Waals surface area contributed by atoms with E-state index >= 15 is 0 Å². The molecule has 6 N–H and O–H groups in total. The number of aliphatic hydroxyl groups is 4. The van der Waals surface area contributed by atoms with Crippen LogP contribution in [0.1, 0.15) is 56.8 Å². The molecule has 0 radical (unpaired) electrons. The summed E-state index contributed by atoms with van der Waals surface area (Å²) in [5.41, 5.74) is 6.55. The molecule has 176 valence electrons. The van der Waals surface area contributed by atoms with Gasteiger partial charge in [0.15, 0.2) is 0 Å². The van der Waals surface area contributed by atoms with Crippen molar-refractivity contribution < 1.29 is 25.2 Å². The number of anilines is 1. The molecule has 2 aliphatic heterocycles. The Morgan fingerprint density at radius 1 is 1.03 bits per heavy atom. The molecule has 8 heteroatoms. The lowest BCUT2D eigenvalue weighted by atomic mass is 9.35. The molecular weight excluding hydrogens is 422 g/mol. The normalized spacial score (nSPS) is 48.9. The summed E-state index contributed by atoms with van der Waals surface area (Å²) in [7, 11) is 0. The van der Waals surface area contributed by atoms with Crippen LogP contribution in [0.15, 0.2) is 18.2 Å². The molecular formula is C25H31N3O5. The Morgan fingerprint density at radius 3 is 2.61 bits per heavy atom. The number of nitrogens with zero attached hydrogens (tertiary/aromatic N) is 2. The van der Waals surface area contributed by atoms with Crippen LogP contribution in [0.4, 0.5) is 5.69 Å². The summed E-state index contributed by atoms with van der Waals surface area (Å²) in [5.74, 6) is -2.99. The first-order valence-electron chi connectivity index (χ1n) is 12.1. The number of nitrogens with two attached hydrogens (primary N) is 1. The molecule has 3 unspecified atom stereocenters. The first-order valence-corrected chi connectivity index (χ1v) is 12.1. The maximum atomic E-state index is 12.2. The molecule has 1 aromatic heterocycles. The van der Waals surface area contributed by atoms with E-state index in [9.17, 15) is 20.4 Å². The standard InChI is InChI=1S/C25H31N3O5/c1-22(2)8-7-16(29)23-10-33-25(32,21(31)18(22)23)24-15(23)6-4-12(20(24)30)17-19(24)28-13-5-3-11(26)9-14(13)27-17/h3,5,9,12,15-16,18,20-21,29-32H,4,6-8,10,26H2,1-2H3/t12-,15?,16-,18?,20+,21-,23+,24?,25-/m0/s1. The highest BCUT2D eigenvalue weighted by molar-refractivity contribution is 5.79. The Morgan fingerprint density at radius 2 is 1.82 bits per heavy atom. The molecule has 5 fully saturated rings. The minimum atomic E-state index is -2.02. The smallest absolute Gasteiger partial charge is 0.206 e. The molecule has 1 aromatic carbocycles. The van der Waals surface area contributed by atoms with Gasteiger partial charge in [0.25, 0.3) is 0 Å². The van der Waals surface area contributed by atoms with Crippen molar-refractivity contribution in [2.24, 2.45) is 22.7 Å². The van der Waals surface area contributed by atoms with Crippen molar-refractivity contribution in [2.75, 3.05) is 12.3 Å². The molecule has 3 saturated carbocycles. The van der Waals surface area contributed by atoms with E-state index in [1.54, 1.807) is 18.2 Å². The van der Waals surface area contributed by atoms with Gasteiger partial charge in [-0.3, -0.25) is 0 Å². The van der Waals surface area contributed by atoms with Gasteiger partial charge < -0.3 is 30.9 Å². The Balaban J connectivity index is 1.55. The number of nitrogen functional groups attached to an aromatic ring is 1. The van der Waals surface area contributed by atoms with Crippen molar-refractivity contribution in [1.82, 2.24) is 9.97 Å². The first-order chi connectivity index (χ1) is 15.6.